The zero-order chi connectivity index (χ0) is 15.0. The lowest BCUT2D eigenvalue weighted by atomic mass is 10.2. The number of carbonyl (C=O) groups is 2. The van der Waals surface area contributed by atoms with Gasteiger partial charge in [0.25, 0.3) is 11.1 Å². The van der Waals surface area contributed by atoms with Gasteiger partial charge in [-0.15, -0.1) is 0 Å². The van der Waals surface area contributed by atoms with Gasteiger partial charge in [0.2, 0.25) is 0 Å². The van der Waals surface area contributed by atoms with Crippen LogP contribution in [-0.2, 0) is 4.79 Å². The van der Waals surface area contributed by atoms with Crippen LogP contribution in [0.15, 0.2) is 39.7 Å². The summed E-state index contributed by atoms with van der Waals surface area (Å²) in [5.74, 6) is -0.0593. The molecule has 2 amide bonds. The van der Waals surface area contributed by atoms with E-state index in [0.29, 0.717) is 17.1 Å². The molecule has 1 aromatic carbocycles. The fraction of sp³-hybridized carbons (Fsp3) is 0. The highest BCUT2D eigenvalue weighted by Gasteiger charge is 2.25. The maximum atomic E-state index is 13.1. The smallest absolute Gasteiger partial charge is 0.290 e. The summed E-state index contributed by atoms with van der Waals surface area (Å²) in [6, 6.07) is 7.56. The van der Waals surface area contributed by atoms with Crippen LogP contribution in [0.5, 0.6) is 0 Å². The lowest BCUT2D eigenvalue weighted by Gasteiger charge is -1.98. The Morgan fingerprint density at radius 1 is 1.24 bits per heavy atom. The highest BCUT2D eigenvalue weighted by Crippen LogP contribution is 2.30. The van der Waals surface area contributed by atoms with Crippen molar-refractivity contribution in [1.29, 1.82) is 0 Å². The van der Waals surface area contributed by atoms with E-state index in [-0.39, 0.29) is 9.93 Å². The molecule has 106 valence electrons. The minimum Gasteiger partial charge on any atom is -0.457 e. The average molecular weight is 324 g/mol. The van der Waals surface area contributed by atoms with E-state index in [1.165, 1.54) is 24.3 Å². The standard InChI is InChI=1S/C14H7ClFNO3S/c15-9-5-7(1-3-10(9)16)11-4-2-8(20-11)6-12-13(18)17-14(19)21-12/h1-6H,(H,17,18,19). The molecule has 0 aliphatic carbocycles. The van der Waals surface area contributed by atoms with Crippen molar-refractivity contribution < 1.29 is 18.4 Å². The predicted molar refractivity (Wildman–Crippen MR) is 78.2 cm³/mol. The van der Waals surface area contributed by atoms with Crippen molar-refractivity contribution in [3.63, 3.8) is 0 Å². The minimum atomic E-state index is -0.508. The van der Waals surface area contributed by atoms with Crippen molar-refractivity contribution in [2.75, 3.05) is 0 Å². The van der Waals surface area contributed by atoms with Gasteiger partial charge in [0.15, 0.2) is 0 Å². The Kier molecular flexibility index (Phi) is 3.57. The number of hydrogen-bond acceptors (Lipinski definition) is 4. The number of furan rings is 1. The fourth-order valence-electron chi connectivity index (χ4n) is 1.79. The van der Waals surface area contributed by atoms with Gasteiger partial charge in [0.05, 0.1) is 9.93 Å². The second kappa shape index (κ2) is 5.38. The number of benzene rings is 1. The maximum absolute atomic E-state index is 13.1. The Labute approximate surface area is 128 Å². The molecular formula is C14H7ClFNO3S. The summed E-state index contributed by atoms with van der Waals surface area (Å²) in [6.45, 7) is 0. The Balaban J connectivity index is 1.90. The Hall–Kier alpha value is -2.05. The van der Waals surface area contributed by atoms with Gasteiger partial charge in [-0.2, -0.15) is 0 Å². The molecular weight excluding hydrogens is 317 g/mol. The van der Waals surface area contributed by atoms with Crippen molar-refractivity contribution in [2.45, 2.75) is 0 Å². The van der Waals surface area contributed by atoms with E-state index in [0.717, 1.165) is 11.8 Å². The van der Waals surface area contributed by atoms with Crippen LogP contribution < -0.4 is 5.32 Å². The molecule has 1 N–H and O–H groups in total. The molecule has 0 spiro atoms. The molecule has 0 saturated carbocycles. The van der Waals surface area contributed by atoms with Gasteiger partial charge in [-0.05, 0) is 42.1 Å². The van der Waals surface area contributed by atoms with Crippen LogP contribution in [0.2, 0.25) is 5.02 Å². The second-order valence-corrected chi connectivity index (χ2v) is 5.61. The van der Waals surface area contributed by atoms with E-state index < -0.39 is 17.0 Å². The van der Waals surface area contributed by atoms with Crippen LogP contribution in [0.3, 0.4) is 0 Å². The molecule has 7 heteroatoms. The molecule has 1 aliphatic rings. The van der Waals surface area contributed by atoms with Gasteiger partial charge in [-0.3, -0.25) is 14.9 Å². The molecule has 0 unspecified atom stereocenters. The summed E-state index contributed by atoms with van der Waals surface area (Å²) in [7, 11) is 0. The molecule has 2 aromatic rings. The molecule has 1 fully saturated rings. The van der Waals surface area contributed by atoms with Crippen LogP contribution in [0.4, 0.5) is 9.18 Å². The number of halogens is 2. The summed E-state index contributed by atoms with van der Waals surface area (Å²) in [5, 5.41) is 1.74. The van der Waals surface area contributed by atoms with Gasteiger partial charge < -0.3 is 4.42 Å². The number of carbonyl (C=O) groups excluding carboxylic acids is 2. The first kappa shape index (κ1) is 13.9. The summed E-state index contributed by atoms with van der Waals surface area (Å²) in [6.07, 6.45) is 1.47. The van der Waals surface area contributed by atoms with E-state index >= 15 is 0 Å². The summed E-state index contributed by atoms with van der Waals surface area (Å²) >= 11 is 6.53. The van der Waals surface area contributed by atoms with Gasteiger partial charge in [-0.1, -0.05) is 11.6 Å². The van der Waals surface area contributed by atoms with E-state index in [9.17, 15) is 14.0 Å². The van der Waals surface area contributed by atoms with Crippen molar-refractivity contribution in [3.05, 3.63) is 51.8 Å². The van der Waals surface area contributed by atoms with E-state index in [1.54, 1.807) is 12.1 Å². The molecule has 4 nitrogen and oxygen atoms in total. The highest BCUT2D eigenvalue weighted by molar-refractivity contribution is 8.18. The molecule has 1 saturated heterocycles. The Bertz CT molecular complexity index is 784. The lowest BCUT2D eigenvalue weighted by Crippen LogP contribution is -2.17. The van der Waals surface area contributed by atoms with Crippen LogP contribution in [0.25, 0.3) is 17.4 Å². The maximum Gasteiger partial charge on any atom is 0.290 e. The van der Waals surface area contributed by atoms with Crippen molar-refractivity contribution in [2.24, 2.45) is 0 Å². The van der Waals surface area contributed by atoms with Crippen LogP contribution in [-0.4, -0.2) is 11.1 Å². The summed E-state index contributed by atoms with van der Waals surface area (Å²) in [4.78, 5) is 22.7. The zero-order valence-corrected chi connectivity index (χ0v) is 11.9. The third-order valence-electron chi connectivity index (χ3n) is 2.75. The lowest BCUT2D eigenvalue weighted by molar-refractivity contribution is -0.115. The van der Waals surface area contributed by atoms with Crippen molar-refractivity contribution >= 4 is 40.6 Å². The quantitative estimate of drug-likeness (QED) is 0.847. The molecule has 0 bridgehead atoms. The Morgan fingerprint density at radius 2 is 2.05 bits per heavy atom. The topological polar surface area (TPSA) is 59.3 Å². The first-order valence-corrected chi connectivity index (χ1v) is 7.02. The van der Waals surface area contributed by atoms with Crippen LogP contribution >= 0.6 is 23.4 Å². The molecule has 1 aliphatic heterocycles. The number of imide groups is 1. The molecule has 3 rings (SSSR count). The summed E-state index contributed by atoms with van der Waals surface area (Å²) < 4.78 is 18.7. The predicted octanol–water partition coefficient (Wildman–Crippen LogP) is 4.06. The summed E-state index contributed by atoms with van der Waals surface area (Å²) in [5.41, 5.74) is 0.616. The van der Waals surface area contributed by atoms with Gasteiger partial charge in [0, 0.05) is 11.6 Å². The number of nitrogens with one attached hydrogen (secondary N) is 1. The van der Waals surface area contributed by atoms with Crippen LogP contribution in [0.1, 0.15) is 5.76 Å². The second-order valence-electron chi connectivity index (χ2n) is 4.18. The third kappa shape index (κ3) is 2.86. The van der Waals surface area contributed by atoms with E-state index in [2.05, 4.69) is 5.32 Å². The molecule has 2 heterocycles. The van der Waals surface area contributed by atoms with E-state index in [4.69, 9.17) is 16.0 Å². The molecule has 21 heavy (non-hydrogen) atoms. The van der Waals surface area contributed by atoms with Gasteiger partial charge in [0.1, 0.15) is 17.3 Å². The monoisotopic (exact) mass is 323 g/mol. The highest BCUT2D eigenvalue weighted by atomic mass is 35.5. The number of amides is 2. The SMILES string of the molecule is O=C1NC(=O)C(=Cc2ccc(-c3ccc(F)c(Cl)c3)o2)S1. The minimum absolute atomic E-state index is 0.000118. The average Bonchev–Trinajstić information content (AvgIpc) is 3.01. The van der Waals surface area contributed by atoms with Crippen molar-refractivity contribution in [3.8, 4) is 11.3 Å². The Morgan fingerprint density at radius 3 is 2.71 bits per heavy atom. The van der Waals surface area contributed by atoms with E-state index in [1.807, 2.05) is 0 Å². The third-order valence-corrected chi connectivity index (χ3v) is 3.85. The number of rotatable bonds is 2. The first-order chi connectivity index (χ1) is 10.0. The van der Waals surface area contributed by atoms with Gasteiger partial charge in [-0.25, -0.2) is 4.39 Å². The first-order valence-electron chi connectivity index (χ1n) is 5.83. The molecule has 0 radical (unpaired) electrons. The van der Waals surface area contributed by atoms with Gasteiger partial charge >= 0.3 is 0 Å². The zero-order valence-electron chi connectivity index (χ0n) is 10.4. The van der Waals surface area contributed by atoms with Crippen LogP contribution in [0, 0.1) is 5.82 Å². The normalized spacial score (nSPS) is 16.6. The molecule has 0 atom stereocenters. The van der Waals surface area contributed by atoms with Crippen molar-refractivity contribution in [1.82, 2.24) is 5.32 Å². The number of thioether (sulfide) groups is 1. The largest absolute Gasteiger partial charge is 0.457 e. The fourth-order valence-corrected chi connectivity index (χ4v) is 2.63. The molecule has 1 aromatic heterocycles. The number of hydrogen-bond donors (Lipinski definition) is 1.